The first-order valence-electron chi connectivity index (χ1n) is 12.5. The number of benzene rings is 2. The van der Waals surface area contributed by atoms with Crippen LogP contribution in [0.4, 0.5) is 0 Å². The van der Waals surface area contributed by atoms with E-state index in [4.69, 9.17) is 4.74 Å². The molecule has 0 saturated heterocycles. The van der Waals surface area contributed by atoms with Gasteiger partial charge in [-0.3, -0.25) is 19.0 Å². The fourth-order valence-electron chi connectivity index (χ4n) is 5.61. The van der Waals surface area contributed by atoms with E-state index in [2.05, 4.69) is 12.2 Å². The van der Waals surface area contributed by atoms with Crippen LogP contribution in [0.15, 0.2) is 59.4 Å². The summed E-state index contributed by atoms with van der Waals surface area (Å²) in [4.78, 5) is 40.5. The Hall–Kier alpha value is -3.87. The maximum Gasteiger partial charge on any atom is 0.272 e. The molecule has 186 valence electrons. The van der Waals surface area contributed by atoms with Gasteiger partial charge in [0.25, 0.3) is 11.5 Å². The number of Topliss-reactive ketones (excluding diaryl/α,β-unsaturated/α-hetero) is 1. The van der Waals surface area contributed by atoms with Gasteiger partial charge in [-0.25, -0.2) is 0 Å². The summed E-state index contributed by atoms with van der Waals surface area (Å²) in [6, 6.07) is 16.5. The summed E-state index contributed by atoms with van der Waals surface area (Å²) in [6.45, 7) is 2.10. The number of hydrogen-bond acceptors (Lipinski definition) is 4. The number of amides is 1. The highest BCUT2D eigenvalue weighted by molar-refractivity contribution is 6.12. The molecule has 1 N–H and O–H groups in total. The van der Waals surface area contributed by atoms with Crippen LogP contribution in [0.1, 0.15) is 53.5 Å². The van der Waals surface area contributed by atoms with Crippen molar-refractivity contribution in [2.45, 2.75) is 45.2 Å². The number of carbonyl (C=O) groups excluding carboxylic acids is 2. The molecule has 7 nitrogen and oxygen atoms in total. The maximum absolute atomic E-state index is 13.9. The Morgan fingerprint density at radius 3 is 2.50 bits per heavy atom. The van der Waals surface area contributed by atoms with Gasteiger partial charge in [0.15, 0.2) is 17.2 Å². The summed E-state index contributed by atoms with van der Waals surface area (Å²) < 4.78 is 8.94. The second kappa shape index (κ2) is 9.64. The van der Waals surface area contributed by atoms with Crippen LogP contribution < -0.4 is 15.6 Å². The summed E-state index contributed by atoms with van der Waals surface area (Å²) in [7, 11) is 3.26. The molecule has 2 aromatic carbocycles. The monoisotopic (exact) mass is 485 g/mol. The maximum atomic E-state index is 13.9. The van der Waals surface area contributed by atoms with Crippen LogP contribution in [-0.4, -0.2) is 34.0 Å². The van der Waals surface area contributed by atoms with Crippen molar-refractivity contribution in [1.29, 1.82) is 0 Å². The van der Waals surface area contributed by atoms with Gasteiger partial charge in [0.05, 0.1) is 24.7 Å². The molecule has 2 heterocycles. The minimum absolute atomic E-state index is 0.0980. The Bertz CT molecular complexity index is 1520. The number of ether oxygens (including phenoxy) is 1. The number of pyridine rings is 1. The second-order valence-electron chi connectivity index (χ2n) is 9.80. The molecule has 1 amide bonds. The number of aryl methyl sites for hydroxylation is 1. The third-order valence-corrected chi connectivity index (χ3v) is 7.35. The second-order valence-corrected chi connectivity index (χ2v) is 9.80. The average Bonchev–Trinajstić information content (AvgIpc) is 3.19. The van der Waals surface area contributed by atoms with Gasteiger partial charge in [0.1, 0.15) is 5.39 Å². The van der Waals surface area contributed by atoms with Crippen LogP contribution >= 0.6 is 0 Å². The molecule has 36 heavy (non-hydrogen) atoms. The molecule has 0 radical (unpaired) electrons. The lowest BCUT2D eigenvalue weighted by molar-refractivity contribution is 0.0909. The van der Waals surface area contributed by atoms with Crippen LogP contribution in [0.5, 0.6) is 5.75 Å². The first kappa shape index (κ1) is 23.9. The van der Waals surface area contributed by atoms with Crippen LogP contribution in [0.2, 0.25) is 0 Å². The summed E-state index contributed by atoms with van der Waals surface area (Å²) in [6.07, 6.45) is 4.15. The van der Waals surface area contributed by atoms with Crippen molar-refractivity contribution >= 4 is 33.5 Å². The van der Waals surface area contributed by atoms with E-state index >= 15 is 0 Å². The number of rotatable bonds is 6. The van der Waals surface area contributed by atoms with Crippen LogP contribution in [0, 0.1) is 5.92 Å². The van der Waals surface area contributed by atoms with Crippen molar-refractivity contribution < 1.29 is 14.3 Å². The van der Waals surface area contributed by atoms with E-state index in [-0.39, 0.29) is 35.6 Å². The van der Waals surface area contributed by atoms with Crippen molar-refractivity contribution in [2.24, 2.45) is 13.0 Å². The number of hydrogen-bond donors (Lipinski definition) is 1. The van der Waals surface area contributed by atoms with Crippen molar-refractivity contribution in [3.63, 3.8) is 0 Å². The van der Waals surface area contributed by atoms with Gasteiger partial charge in [-0.05, 0) is 24.8 Å². The fourth-order valence-corrected chi connectivity index (χ4v) is 5.61. The molecular weight excluding hydrogens is 454 g/mol. The summed E-state index contributed by atoms with van der Waals surface area (Å²) in [5, 5.41) is 4.26. The molecule has 0 aliphatic heterocycles. The van der Waals surface area contributed by atoms with Crippen molar-refractivity contribution in [2.75, 3.05) is 7.11 Å². The van der Waals surface area contributed by atoms with Crippen LogP contribution in [0.3, 0.4) is 0 Å². The fraction of sp³-hybridized carbons (Fsp3) is 0.345. The Kier molecular flexibility index (Phi) is 6.39. The number of nitrogens with one attached hydrogen (secondary N) is 1. The number of para-hydroxylation sites is 1. The predicted molar refractivity (Wildman–Crippen MR) is 141 cm³/mol. The van der Waals surface area contributed by atoms with Gasteiger partial charge >= 0.3 is 0 Å². The Morgan fingerprint density at radius 2 is 1.78 bits per heavy atom. The van der Waals surface area contributed by atoms with E-state index < -0.39 is 0 Å². The van der Waals surface area contributed by atoms with E-state index in [1.165, 1.54) is 18.1 Å². The molecule has 2 unspecified atom stereocenters. The van der Waals surface area contributed by atoms with Crippen molar-refractivity contribution in [3.05, 3.63) is 76.2 Å². The number of carbonyl (C=O) groups is 2. The molecule has 0 bridgehead atoms. The third kappa shape index (κ3) is 4.08. The van der Waals surface area contributed by atoms with E-state index in [0.29, 0.717) is 33.6 Å². The lowest BCUT2D eigenvalue weighted by Crippen LogP contribution is -2.38. The van der Waals surface area contributed by atoms with Crippen LogP contribution in [0.25, 0.3) is 21.8 Å². The van der Waals surface area contributed by atoms with Gasteiger partial charge in [-0.15, -0.1) is 0 Å². The SMILES string of the molecule is COc1c(C(=O)NC2CCCC(C)C2)n(C)c2c1c(=O)n(CC(=O)c1ccccc1)c1ccccc21. The van der Waals surface area contributed by atoms with E-state index in [1.807, 2.05) is 30.3 Å². The van der Waals surface area contributed by atoms with Gasteiger partial charge in [0.2, 0.25) is 0 Å². The van der Waals surface area contributed by atoms with E-state index in [0.717, 1.165) is 24.6 Å². The minimum atomic E-state index is -0.356. The van der Waals surface area contributed by atoms with Crippen molar-refractivity contribution in [3.8, 4) is 5.75 Å². The zero-order valence-electron chi connectivity index (χ0n) is 20.9. The standard InChI is InChI=1S/C29H31N3O4/c1-18-10-9-13-20(16-18)30-28(34)26-27(36-3)24-25(31(26)2)21-14-7-8-15-22(21)32(29(24)35)17-23(33)19-11-5-4-6-12-19/h4-8,11-12,14-15,18,20H,9-10,13,16-17H2,1-3H3,(H,30,34). The normalized spacial score (nSPS) is 17.9. The zero-order valence-corrected chi connectivity index (χ0v) is 20.9. The van der Waals surface area contributed by atoms with E-state index in [9.17, 15) is 14.4 Å². The van der Waals surface area contributed by atoms with Gasteiger partial charge in [-0.2, -0.15) is 0 Å². The zero-order chi connectivity index (χ0) is 25.4. The van der Waals surface area contributed by atoms with Gasteiger partial charge in [-0.1, -0.05) is 68.3 Å². The number of ketones is 1. The minimum Gasteiger partial charge on any atom is -0.493 e. The Balaban J connectivity index is 1.67. The highest BCUT2D eigenvalue weighted by Crippen LogP contribution is 2.35. The molecule has 1 aliphatic carbocycles. The smallest absolute Gasteiger partial charge is 0.272 e. The quantitative estimate of drug-likeness (QED) is 0.402. The molecule has 2 atom stereocenters. The topological polar surface area (TPSA) is 82.3 Å². The first-order chi connectivity index (χ1) is 17.4. The molecule has 2 aromatic heterocycles. The predicted octanol–water partition coefficient (Wildman–Crippen LogP) is 4.69. The summed E-state index contributed by atoms with van der Waals surface area (Å²) in [5.41, 5.74) is 1.76. The molecule has 7 heteroatoms. The number of nitrogens with zero attached hydrogens (tertiary/aromatic N) is 2. The third-order valence-electron chi connectivity index (χ3n) is 7.35. The molecule has 4 aromatic rings. The molecule has 0 spiro atoms. The van der Waals surface area contributed by atoms with Crippen LogP contribution in [-0.2, 0) is 13.6 Å². The molecule has 1 aliphatic rings. The summed E-state index contributed by atoms with van der Waals surface area (Å²) in [5.74, 6) is 0.392. The number of aromatic nitrogens is 2. The largest absolute Gasteiger partial charge is 0.493 e. The first-order valence-corrected chi connectivity index (χ1v) is 12.5. The van der Waals surface area contributed by atoms with Crippen molar-refractivity contribution in [1.82, 2.24) is 14.5 Å². The molecule has 1 fully saturated rings. The Labute approximate surface area is 209 Å². The van der Waals surface area contributed by atoms with E-state index in [1.54, 1.807) is 35.9 Å². The number of methoxy groups -OCH3 is 1. The average molecular weight is 486 g/mol. The lowest BCUT2D eigenvalue weighted by Gasteiger charge is -2.27. The molecule has 5 rings (SSSR count). The highest BCUT2D eigenvalue weighted by Gasteiger charge is 2.29. The number of fused-ring (bicyclic) bond motifs is 3. The van der Waals surface area contributed by atoms with Gasteiger partial charge in [0, 0.05) is 24.0 Å². The molecule has 1 saturated carbocycles. The highest BCUT2D eigenvalue weighted by atomic mass is 16.5. The summed E-state index contributed by atoms with van der Waals surface area (Å²) >= 11 is 0. The lowest BCUT2D eigenvalue weighted by atomic mass is 9.87. The van der Waals surface area contributed by atoms with Gasteiger partial charge < -0.3 is 14.6 Å². The molecular formula is C29H31N3O4. The Morgan fingerprint density at radius 1 is 1.06 bits per heavy atom.